The zero-order valence-corrected chi connectivity index (χ0v) is 35.1. The average molecular weight is 913 g/mol. The number of benzene rings is 4. The van der Waals surface area contributed by atoms with Gasteiger partial charge in [0, 0.05) is 18.6 Å². The maximum atomic E-state index is 13.6. The molecule has 0 atom stereocenters. The van der Waals surface area contributed by atoms with Crippen LogP contribution in [0.1, 0.15) is 6.42 Å². The van der Waals surface area contributed by atoms with Gasteiger partial charge in [0.25, 0.3) is 0 Å². The van der Waals surface area contributed by atoms with E-state index in [4.69, 9.17) is 23.7 Å². The van der Waals surface area contributed by atoms with Crippen molar-refractivity contribution in [1.82, 2.24) is 9.97 Å². The molecule has 0 amide bonds. The monoisotopic (exact) mass is 912 g/mol. The van der Waals surface area contributed by atoms with Crippen molar-refractivity contribution in [2.45, 2.75) is 15.1 Å². The van der Waals surface area contributed by atoms with Crippen molar-refractivity contribution in [3.63, 3.8) is 0 Å². The van der Waals surface area contributed by atoms with Gasteiger partial charge in [0.1, 0.15) is 12.4 Å². The predicted octanol–water partition coefficient (Wildman–Crippen LogP) is 7.04. The van der Waals surface area contributed by atoms with Gasteiger partial charge >= 0.3 is 5.97 Å². The van der Waals surface area contributed by atoms with Gasteiger partial charge in [0.15, 0.2) is 11.6 Å². The number of fused-ring (bicyclic) bond motifs is 2. The van der Waals surface area contributed by atoms with Crippen LogP contribution in [-0.4, -0.2) is 105 Å². The van der Waals surface area contributed by atoms with Crippen LogP contribution in [0.25, 0.3) is 42.7 Å². The SMILES string of the molecule is CS(=O)(=O)c1nc2ccc(-c3cc(OCCOCCOCCOCCOCCC(=O)Oc4c(F)c(F)cc(F)c4F)cc(-c4ccc5nc(S(C)(=O)=O)sc5c4)c3)cc2s1. The number of hydrogen-bond acceptors (Lipinski definition) is 15. The number of rotatable bonds is 21. The third kappa shape index (κ3) is 11.8. The second-order valence-corrected chi connectivity index (χ2v) is 19.4. The molecule has 0 aliphatic carbocycles. The Labute approximate surface area is 349 Å². The number of carbonyl (C=O) groups is 1. The number of esters is 1. The Balaban J connectivity index is 0.941. The van der Waals surface area contributed by atoms with Crippen LogP contribution in [0, 0.1) is 23.3 Å². The number of hydrogen-bond donors (Lipinski definition) is 0. The number of aromatic nitrogens is 2. The standard InChI is InChI=1S/C39H36F4N2O11S4/c1-59(47,48)38-44-30-5-3-23(20-32(30)57-38)25-17-26(24-4-6-31-33(21-24)58-39(45-31)60(2,49)50)19-27(18-25)55-16-15-54-14-13-53-12-11-52-10-9-51-8-7-34(46)56-37-35(42)28(40)22-29(41)36(37)43/h3-6,17-22H,7-16H2,1-2H3. The van der Waals surface area contributed by atoms with E-state index < -0.39 is 61.1 Å². The summed E-state index contributed by atoms with van der Waals surface area (Å²) in [6.45, 7) is 1.55. The molecule has 6 aromatic rings. The lowest BCUT2D eigenvalue weighted by Crippen LogP contribution is -2.16. The second-order valence-electron chi connectivity index (χ2n) is 12.9. The van der Waals surface area contributed by atoms with Crippen molar-refractivity contribution >= 4 is 68.8 Å². The summed E-state index contributed by atoms with van der Waals surface area (Å²) in [6, 6.07) is 16.7. The lowest BCUT2D eigenvalue weighted by molar-refractivity contribution is -0.136. The Morgan fingerprint density at radius 1 is 0.567 bits per heavy atom. The van der Waals surface area contributed by atoms with Crippen LogP contribution >= 0.6 is 22.7 Å². The number of ether oxygens (including phenoxy) is 6. The first-order chi connectivity index (χ1) is 28.6. The molecule has 0 fully saturated rings. The van der Waals surface area contributed by atoms with Crippen molar-refractivity contribution in [1.29, 1.82) is 0 Å². The van der Waals surface area contributed by atoms with Gasteiger partial charge in [-0.05, 0) is 64.7 Å². The van der Waals surface area contributed by atoms with Gasteiger partial charge in [0.2, 0.25) is 45.7 Å². The molecule has 0 N–H and O–H groups in total. The molecule has 2 aromatic heterocycles. The van der Waals surface area contributed by atoms with Crippen LogP contribution in [0.4, 0.5) is 17.6 Å². The van der Waals surface area contributed by atoms with Gasteiger partial charge in [-0.25, -0.2) is 35.6 Å². The quantitative estimate of drug-likeness (QED) is 0.0237. The molecule has 6 rings (SSSR count). The molecular formula is C39H36F4N2O11S4. The molecule has 0 bridgehead atoms. The molecule has 21 heteroatoms. The summed E-state index contributed by atoms with van der Waals surface area (Å²) >= 11 is 2.18. The van der Waals surface area contributed by atoms with Gasteiger partial charge in [-0.15, -0.1) is 22.7 Å². The van der Waals surface area contributed by atoms with Crippen LogP contribution in [0.3, 0.4) is 0 Å². The first-order valence-corrected chi connectivity index (χ1v) is 23.3. The maximum absolute atomic E-state index is 13.6. The fourth-order valence-electron chi connectivity index (χ4n) is 5.44. The van der Waals surface area contributed by atoms with E-state index in [-0.39, 0.29) is 74.2 Å². The summed E-state index contributed by atoms with van der Waals surface area (Å²) < 4.78 is 136. The maximum Gasteiger partial charge on any atom is 0.313 e. The van der Waals surface area contributed by atoms with Crippen molar-refractivity contribution in [2.75, 3.05) is 72.0 Å². The Morgan fingerprint density at radius 2 is 1.00 bits per heavy atom. The van der Waals surface area contributed by atoms with Crippen molar-refractivity contribution in [2.24, 2.45) is 0 Å². The minimum atomic E-state index is -3.48. The smallest absolute Gasteiger partial charge is 0.313 e. The van der Waals surface area contributed by atoms with E-state index >= 15 is 0 Å². The minimum Gasteiger partial charge on any atom is -0.491 e. The molecule has 0 aliphatic heterocycles. The number of thiazole rings is 2. The minimum absolute atomic E-state index is 0.00592. The average Bonchev–Trinajstić information content (AvgIpc) is 3.85. The van der Waals surface area contributed by atoms with Crippen molar-refractivity contribution in [3.05, 3.63) is 83.9 Å². The summed E-state index contributed by atoms with van der Waals surface area (Å²) in [5.74, 6) is -9.08. The van der Waals surface area contributed by atoms with E-state index in [0.29, 0.717) is 26.2 Å². The van der Waals surface area contributed by atoms with Gasteiger partial charge in [0.05, 0.1) is 79.7 Å². The topological polar surface area (TPSA) is 167 Å². The predicted molar refractivity (Wildman–Crippen MR) is 215 cm³/mol. The van der Waals surface area contributed by atoms with Crippen LogP contribution in [0.5, 0.6) is 11.5 Å². The van der Waals surface area contributed by atoms with Gasteiger partial charge in [-0.1, -0.05) is 12.1 Å². The Kier molecular flexibility index (Phi) is 14.9. The normalized spacial score (nSPS) is 12.1. The summed E-state index contributed by atoms with van der Waals surface area (Å²) in [6.07, 6.45) is 1.81. The highest BCUT2D eigenvalue weighted by atomic mass is 32.2. The van der Waals surface area contributed by atoms with E-state index in [0.717, 1.165) is 57.4 Å². The lowest BCUT2D eigenvalue weighted by atomic mass is 9.98. The molecule has 320 valence electrons. The summed E-state index contributed by atoms with van der Waals surface area (Å²) in [5, 5.41) is 0. The molecule has 13 nitrogen and oxygen atoms in total. The first-order valence-electron chi connectivity index (χ1n) is 17.9. The Morgan fingerprint density at radius 3 is 1.45 bits per heavy atom. The van der Waals surface area contributed by atoms with Gasteiger partial charge in [-0.3, -0.25) is 4.79 Å². The van der Waals surface area contributed by atoms with Crippen molar-refractivity contribution < 1.29 is 67.6 Å². The zero-order chi connectivity index (χ0) is 43.0. The molecule has 0 saturated carbocycles. The number of sulfone groups is 2. The zero-order valence-electron chi connectivity index (χ0n) is 31.9. The number of nitrogens with zero attached hydrogens (tertiary/aromatic N) is 2. The van der Waals surface area contributed by atoms with E-state index in [1.54, 1.807) is 12.1 Å². The molecule has 0 radical (unpaired) electrons. The fraction of sp³-hybridized carbons (Fsp3) is 0.308. The van der Waals surface area contributed by atoms with Crippen LogP contribution in [0.2, 0.25) is 0 Å². The summed E-state index contributed by atoms with van der Waals surface area (Å²) in [5.41, 5.74) is 4.32. The highest BCUT2D eigenvalue weighted by Crippen LogP contribution is 2.37. The van der Waals surface area contributed by atoms with E-state index in [2.05, 4.69) is 14.7 Å². The van der Waals surface area contributed by atoms with Crippen LogP contribution < -0.4 is 9.47 Å². The van der Waals surface area contributed by atoms with Crippen molar-refractivity contribution in [3.8, 4) is 33.8 Å². The fourth-order valence-corrected chi connectivity index (χ4v) is 9.19. The highest BCUT2D eigenvalue weighted by molar-refractivity contribution is 7.93. The second kappa shape index (κ2) is 19.8. The number of carbonyl (C=O) groups excluding carboxylic acids is 1. The Hall–Kier alpha value is -4.61. The largest absolute Gasteiger partial charge is 0.491 e. The van der Waals surface area contributed by atoms with Gasteiger partial charge in [-0.2, -0.15) is 8.78 Å². The first kappa shape index (κ1) is 44.9. The molecular weight excluding hydrogens is 877 g/mol. The lowest BCUT2D eigenvalue weighted by Gasteiger charge is -2.13. The third-order valence-corrected chi connectivity index (χ3v) is 13.7. The Bertz CT molecular complexity index is 2570. The number of halogens is 4. The molecule has 0 unspecified atom stereocenters. The van der Waals surface area contributed by atoms with E-state index in [1.807, 2.05) is 42.5 Å². The summed E-state index contributed by atoms with van der Waals surface area (Å²) in [4.78, 5) is 20.3. The molecule has 2 heterocycles. The van der Waals surface area contributed by atoms with Crippen LogP contribution in [-0.2, 0) is 43.4 Å². The molecule has 0 saturated heterocycles. The van der Waals surface area contributed by atoms with Gasteiger partial charge < -0.3 is 28.4 Å². The molecule has 0 aliphatic rings. The molecule has 4 aromatic carbocycles. The van der Waals surface area contributed by atoms with Crippen LogP contribution in [0.15, 0.2) is 69.3 Å². The highest BCUT2D eigenvalue weighted by Gasteiger charge is 2.23. The molecule has 60 heavy (non-hydrogen) atoms. The summed E-state index contributed by atoms with van der Waals surface area (Å²) in [7, 11) is -6.96. The van der Waals surface area contributed by atoms with E-state index in [1.165, 1.54) is 0 Å². The molecule has 0 spiro atoms. The third-order valence-electron chi connectivity index (χ3n) is 8.30. The van der Waals surface area contributed by atoms with E-state index in [9.17, 15) is 39.2 Å².